The lowest BCUT2D eigenvalue weighted by atomic mass is 10.3. The summed E-state index contributed by atoms with van der Waals surface area (Å²) in [6, 6.07) is 5.36. The summed E-state index contributed by atoms with van der Waals surface area (Å²) in [5, 5.41) is 17.9. The van der Waals surface area contributed by atoms with Crippen LogP contribution in [-0.4, -0.2) is 15.1 Å². The molecule has 2 rings (SSSR count). The van der Waals surface area contributed by atoms with Crippen LogP contribution in [0.2, 0.25) is 0 Å². The highest BCUT2D eigenvalue weighted by atomic mass is 16.3. The van der Waals surface area contributed by atoms with Gasteiger partial charge in [-0.1, -0.05) is 0 Å². The summed E-state index contributed by atoms with van der Waals surface area (Å²) in [4.78, 5) is 6.61. The first-order valence-electron chi connectivity index (χ1n) is 3.38. The molecular formula is C8H5N3O. The molecule has 0 radical (unpaired) electrons. The first-order valence-corrected chi connectivity index (χ1v) is 3.38. The van der Waals surface area contributed by atoms with Crippen LogP contribution in [-0.2, 0) is 0 Å². The van der Waals surface area contributed by atoms with E-state index in [-0.39, 0.29) is 11.4 Å². The van der Waals surface area contributed by atoms with E-state index in [0.29, 0.717) is 11.0 Å². The molecule has 0 fully saturated rings. The first-order chi connectivity index (χ1) is 5.83. The summed E-state index contributed by atoms with van der Waals surface area (Å²) in [5.74, 6) is -0.119. The van der Waals surface area contributed by atoms with Crippen LogP contribution in [0.4, 0.5) is 0 Å². The summed E-state index contributed by atoms with van der Waals surface area (Å²) in [6.45, 7) is 0. The highest BCUT2D eigenvalue weighted by Crippen LogP contribution is 2.23. The number of H-pyrrole nitrogens is 1. The van der Waals surface area contributed by atoms with Crippen LogP contribution < -0.4 is 0 Å². The summed E-state index contributed by atoms with van der Waals surface area (Å²) in [7, 11) is 0. The van der Waals surface area contributed by atoms with E-state index in [9.17, 15) is 5.11 Å². The molecule has 2 N–H and O–H groups in total. The Morgan fingerprint density at radius 3 is 3.17 bits per heavy atom. The molecule has 58 valence electrons. The first kappa shape index (κ1) is 6.68. The van der Waals surface area contributed by atoms with Gasteiger partial charge >= 0.3 is 0 Å². The molecule has 2 aromatic heterocycles. The molecule has 0 unspecified atom stereocenters. The summed E-state index contributed by atoms with van der Waals surface area (Å²) in [5.41, 5.74) is 1.38. The molecule has 0 amide bonds. The zero-order valence-electron chi connectivity index (χ0n) is 6.07. The van der Waals surface area contributed by atoms with Gasteiger partial charge in [0.2, 0.25) is 5.88 Å². The predicted molar refractivity (Wildman–Crippen MR) is 42.5 cm³/mol. The average molecular weight is 159 g/mol. The Labute approximate surface area is 68.1 Å². The molecule has 0 atom stereocenters. The molecule has 2 aromatic rings. The fourth-order valence-electron chi connectivity index (χ4n) is 1.11. The summed E-state index contributed by atoms with van der Waals surface area (Å²) < 4.78 is 0. The topological polar surface area (TPSA) is 72.7 Å². The van der Waals surface area contributed by atoms with E-state index in [1.807, 2.05) is 6.07 Å². The van der Waals surface area contributed by atoms with E-state index in [0.717, 1.165) is 0 Å². The third-order valence-electron chi connectivity index (χ3n) is 1.65. The minimum Gasteiger partial charge on any atom is -0.494 e. The molecule has 0 saturated heterocycles. The molecule has 12 heavy (non-hydrogen) atoms. The van der Waals surface area contributed by atoms with Gasteiger partial charge < -0.3 is 10.1 Å². The van der Waals surface area contributed by atoms with Crippen LogP contribution in [0.5, 0.6) is 5.88 Å². The van der Waals surface area contributed by atoms with Crippen LogP contribution in [0, 0.1) is 11.3 Å². The van der Waals surface area contributed by atoms with Gasteiger partial charge in [-0.2, -0.15) is 5.26 Å². The molecule has 0 aromatic carbocycles. The molecule has 0 spiro atoms. The number of fused-ring (bicyclic) bond motifs is 1. The predicted octanol–water partition coefficient (Wildman–Crippen LogP) is 1.14. The van der Waals surface area contributed by atoms with E-state index >= 15 is 0 Å². The van der Waals surface area contributed by atoms with Crippen molar-refractivity contribution in [1.82, 2.24) is 9.97 Å². The second-order valence-electron chi connectivity index (χ2n) is 2.36. The Balaban J connectivity index is 2.93. The van der Waals surface area contributed by atoms with Crippen molar-refractivity contribution in [3.8, 4) is 11.9 Å². The molecule has 0 bridgehead atoms. The third kappa shape index (κ3) is 0.736. The second kappa shape index (κ2) is 2.24. The second-order valence-corrected chi connectivity index (χ2v) is 2.36. The Bertz CT molecular complexity index is 467. The normalized spacial score (nSPS) is 9.92. The van der Waals surface area contributed by atoms with Crippen molar-refractivity contribution in [2.45, 2.75) is 0 Å². The zero-order chi connectivity index (χ0) is 8.55. The van der Waals surface area contributed by atoms with Gasteiger partial charge in [0, 0.05) is 6.20 Å². The van der Waals surface area contributed by atoms with Crippen LogP contribution in [0.1, 0.15) is 5.56 Å². The number of nitrogens with one attached hydrogen (secondary N) is 1. The van der Waals surface area contributed by atoms with Crippen molar-refractivity contribution < 1.29 is 5.11 Å². The highest BCUT2D eigenvalue weighted by Gasteiger charge is 2.09. The van der Waals surface area contributed by atoms with Gasteiger partial charge in [-0.25, -0.2) is 0 Å². The van der Waals surface area contributed by atoms with Crippen LogP contribution in [0.25, 0.3) is 11.0 Å². The van der Waals surface area contributed by atoms with E-state index in [1.54, 1.807) is 18.3 Å². The van der Waals surface area contributed by atoms with Crippen LogP contribution >= 0.6 is 0 Å². The number of rotatable bonds is 0. The number of hydrogen-bond acceptors (Lipinski definition) is 3. The van der Waals surface area contributed by atoms with Crippen LogP contribution in [0.15, 0.2) is 18.3 Å². The molecule has 2 heterocycles. The van der Waals surface area contributed by atoms with E-state index in [4.69, 9.17) is 5.26 Å². The van der Waals surface area contributed by atoms with Gasteiger partial charge in [0.05, 0.1) is 5.52 Å². The molecular weight excluding hydrogens is 154 g/mol. The van der Waals surface area contributed by atoms with Crippen molar-refractivity contribution >= 4 is 11.0 Å². The molecule has 0 aliphatic heterocycles. The molecule has 4 nitrogen and oxygen atoms in total. The smallest absolute Gasteiger partial charge is 0.209 e. The quantitative estimate of drug-likeness (QED) is 0.605. The Kier molecular flexibility index (Phi) is 1.25. The average Bonchev–Trinajstić information content (AvgIpc) is 2.40. The monoisotopic (exact) mass is 159 g/mol. The van der Waals surface area contributed by atoms with Gasteiger partial charge in [0.25, 0.3) is 0 Å². The van der Waals surface area contributed by atoms with Crippen molar-refractivity contribution in [1.29, 1.82) is 5.26 Å². The summed E-state index contributed by atoms with van der Waals surface area (Å²) in [6.07, 6.45) is 1.58. The van der Waals surface area contributed by atoms with E-state index < -0.39 is 0 Å². The maximum atomic E-state index is 9.22. The lowest BCUT2D eigenvalue weighted by Gasteiger charge is -1.84. The molecule has 0 aliphatic rings. The Morgan fingerprint density at radius 2 is 2.42 bits per heavy atom. The van der Waals surface area contributed by atoms with Crippen molar-refractivity contribution in [2.75, 3.05) is 0 Å². The number of aromatic hydroxyl groups is 1. The third-order valence-corrected chi connectivity index (χ3v) is 1.65. The molecule has 0 saturated carbocycles. The number of aromatic nitrogens is 2. The molecule has 4 heteroatoms. The minimum atomic E-state index is -0.119. The van der Waals surface area contributed by atoms with E-state index in [2.05, 4.69) is 9.97 Å². The lowest BCUT2D eigenvalue weighted by Crippen LogP contribution is -1.74. The highest BCUT2D eigenvalue weighted by molar-refractivity contribution is 5.84. The number of pyridine rings is 1. The fraction of sp³-hybridized carbons (Fsp3) is 0. The Morgan fingerprint density at radius 1 is 1.58 bits per heavy atom. The van der Waals surface area contributed by atoms with Gasteiger partial charge in [0.1, 0.15) is 17.1 Å². The van der Waals surface area contributed by atoms with Crippen molar-refractivity contribution in [2.24, 2.45) is 0 Å². The maximum absolute atomic E-state index is 9.22. The fourth-order valence-corrected chi connectivity index (χ4v) is 1.11. The number of hydrogen-bond donors (Lipinski definition) is 2. The lowest BCUT2D eigenvalue weighted by molar-refractivity contribution is 0.457. The maximum Gasteiger partial charge on any atom is 0.209 e. The van der Waals surface area contributed by atoms with Gasteiger partial charge in [-0.15, -0.1) is 0 Å². The van der Waals surface area contributed by atoms with Gasteiger partial charge in [-0.05, 0) is 12.1 Å². The van der Waals surface area contributed by atoms with Gasteiger partial charge in [-0.3, -0.25) is 4.98 Å². The van der Waals surface area contributed by atoms with Crippen LogP contribution in [0.3, 0.4) is 0 Å². The largest absolute Gasteiger partial charge is 0.494 e. The molecule has 0 aliphatic carbocycles. The zero-order valence-corrected chi connectivity index (χ0v) is 6.07. The minimum absolute atomic E-state index is 0.119. The standard InChI is InChI=1S/C8H5N3O/c9-4-5-7-6(11-8(5)12)2-1-3-10-7/h1-3,11-12H. The number of aromatic amines is 1. The van der Waals surface area contributed by atoms with Crippen molar-refractivity contribution in [3.05, 3.63) is 23.9 Å². The number of nitrogens with zero attached hydrogens (tertiary/aromatic N) is 2. The Hall–Kier alpha value is -2.02. The van der Waals surface area contributed by atoms with Crippen molar-refractivity contribution in [3.63, 3.8) is 0 Å². The van der Waals surface area contributed by atoms with Gasteiger partial charge in [0.15, 0.2) is 0 Å². The SMILES string of the molecule is N#Cc1c(O)[nH]c2cccnc12. The van der Waals surface area contributed by atoms with E-state index in [1.165, 1.54) is 0 Å². The number of nitriles is 1. The summed E-state index contributed by atoms with van der Waals surface area (Å²) >= 11 is 0.